The SMILES string of the molecule is CCNc1cc(C)c2oc(-c3cccc(F)c3)nc2c1. The summed E-state index contributed by atoms with van der Waals surface area (Å²) in [5.74, 6) is 0.145. The van der Waals surface area contributed by atoms with E-state index in [0.29, 0.717) is 11.5 Å². The Morgan fingerprint density at radius 1 is 1.25 bits per heavy atom. The minimum Gasteiger partial charge on any atom is -0.436 e. The third kappa shape index (κ3) is 2.25. The Kier molecular flexibility index (Phi) is 3.14. The van der Waals surface area contributed by atoms with E-state index in [9.17, 15) is 4.39 Å². The molecule has 4 heteroatoms. The van der Waals surface area contributed by atoms with Crippen molar-refractivity contribution >= 4 is 16.8 Å². The fraction of sp³-hybridized carbons (Fsp3) is 0.188. The Morgan fingerprint density at radius 2 is 2.10 bits per heavy atom. The molecule has 102 valence electrons. The lowest BCUT2D eigenvalue weighted by atomic mass is 10.2. The Balaban J connectivity index is 2.13. The number of nitrogens with zero attached hydrogens (tertiary/aromatic N) is 1. The first-order valence-electron chi connectivity index (χ1n) is 6.58. The molecule has 3 rings (SSSR count). The molecule has 0 radical (unpaired) electrons. The zero-order valence-corrected chi connectivity index (χ0v) is 11.4. The highest BCUT2D eigenvalue weighted by atomic mass is 19.1. The highest BCUT2D eigenvalue weighted by Gasteiger charge is 2.11. The molecule has 0 fully saturated rings. The van der Waals surface area contributed by atoms with Crippen LogP contribution < -0.4 is 5.32 Å². The third-order valence-electron chi connectivity index (χ3n) is 3.13. The second-order valence-electron chi connectivity index (χ2n) is 4.70. The lowest BCUT2D eigenvalue weighted by Gasteiger charge is -2.03. The fourth-order valence-electron chi connectivity index (χ4n) is 2.25. The van der Waals surface area contributed by atoms with Crippen LogP contribution in [-0.2, 0) is 0 Å². The Bertz CT molecular complexity index is 764. The first-order chi connectivity index (χ1) is 9.67. The van der Waals surface area contributed by atoms with Crippen molar-refractivity contribution in [1.29, 1.82) is 0 Å². The summed E-state index contributed by atoms with van der Waals surface area (Å²) in [6.07, 6.45) is 0. The maximum Gasteiger partial charge on any atom is 0.227 e. The van der Waals surface area contributed by atoms with Gasteiger partial charge in [-0.15, -0.1) is 0 Å². The standard InChI is InChI=1S/C16H15FN2O/c1-3-18-13-7-10(2)15-14(9-13)19-16(20-15)11-5-4-6-12(17)8-11/h4-9,18H,3H2,1-2H3. The smallest absolute Gasteiger partial charge is 0.227 e. The summed E-state index contributed by atoms with van der Waals surface area (Å²) in [4.78, 5) is 4.45. The number of halogens is 1. The zero-order chi connectivity index (χ0) is 14.1. The average Bonchev–Trinajstić information content (AvgIpc) is 2.84. The van der Waals surface area contributed by atoms with Gasteiger partial charge in [0.25, 0.3) is 0 Å². The van der Waals surface area contributed by atoms with Gasteiger partial charge in [-0.05, 0) is 49.7 Å². The molecule has 2 aromatic carbocycles. The van der Waals surface area contributed by atoms with Crippen molar-refractivity contribution in [1.82, 2.24) is 4.98 Å². The van der Waals surface area contributed by atoms with E-state index in [0.717, 1.165) is 28.9 Å². The quantitative estimate of drug-likeness (QED) is 0.767. The number of anilines is 1. The van der Waals surface area contributed by atoms with Gasteiger partial charge in [-0.25, -0.2) is 9.37 Å². The highest BCUT2D eigenvalue weighted by Crippen LogP contribution is 2.29. The van der Waals surface area contributed by atoms with Gasteiger partial charge in [0.05, 0.1) is 0 Å². The van der Waals surface area contributed by atoms with E-state index in [1.54, 1.807) is 12.1 Å². The molecule has 1 heterocycles. The minimum absolute atomic E-state index is 0.296. The van der Waals surface area contributed by atoms with E-state index in [2.05, 4.69) is 10.3 Å². The summed E-state index contributed by atoms with van der Waals surface area (Å²) in [6, 6.07) is 10.2. The molecule has 20 heavy (non-hydrogen) atoms. The minimum atomic E-state index is -0.296. The van der Waals surface area contributed by atoms with Crippen LogP contribution in [-0.4, -0.2) is 11.5 Å². The van der Waals surface area contributed by atoms with E-state index >= 15 is 0 Å². The van der Waals surface area contributed by atoms with Crippen molar-refractivity contribution in [3.63, 3.8) is 0 Å². The summed E-state index contributed by atoms with van der Waals surface area (Å²) >= 11 is 0. The number of aromatic nitrogens is 1. The molecule has 0 aliphatic carbocycles. The summed E-state index contributed by atoms with van der Waals surface area (Å²) in [5.41, 5.74) is 4.18. The first kappa shape index (κ1) is 12.7. The van der Waals surface area contributed by atoms with Crippen LogP contribution in [0.1, 0.15) is 12.5 Å². The second kappa shape index (κ2) is 4.96. The van der Waals surface area contributed by atoms with Crippen molar-refractivity contribution in [3.8, 4) is 11.5 Å². The Hall–Kier alpha value is -2.36. The summed E-state index contributed by atoms with van der Waals surface area (Å²) < 4.78 is 19.0. The molecule has 0 spiro atoms. The second-order valence-corrected chi connectivity index (χ2v) is 4.70. The maximum absolute atomic E-state index is 13.3. The van der Waals surface area contributed by atoms with Gasteiger partial charge in [-0.2, -0.15) is 0 Å². The first-order valence-corrected chi connectivity index (χ1v) is 6.58. The number of fused-ring (bicyclic) bond motifs is 1. The third-order valence-corrected chi connectivity index (χ3v) is 3.13. The molecular formula is C16H15FN2O. The molecule has 0 unspecified atom stereocenters. The predicted octanol–water partition coefficient (Wildman–Crippen LogP) is 4.37. The van der Waals surface area contributed by atoms with Crippen molar-refractivity contribution in [2.24, 2.45) is 0 Å². The lowest BCUT2D eigenvalue weighted by Crippen LogP contribution is -1.96. The molecule has 3 aromatic rings. The predicted molar refractivity (Wildman–Crippen MR) is 78.3 cm³/mol. The molecule has 0 aliphatic rings. The van der Waals surface area contributed by atoms with Gasteiger partial charge in [0.2, 0.25) is 5.89 Å². The zero-order valence-electron chi connectivity index (χ0n) is 11.4. The van der Waals surface area contributed by atoms with E-state index < -0.39 is 0 Å². The van der Waals surface area contributed by atoms with Gasteiger partial charge in [0.1, 0.15) is 11.3 Å². The van der Waals surface area contributed by atoms with Gasteiger partial charge >= 0.3 is 0 Å². The summed E-state index contributed by atoms with van der Waals surface area (Å²) in [5, 5.41) is 3.26. The van der Waals surface area contributed by atoms with Crippen LogP contribution in [0.15, 0.2) is 40.8 Å². The molecule has 0 saturated heterocycles. The number of aryl methyl sites for hydroxylation is 1. The van der Waals surface area contributed by atoms with Gasteiger partial charge in [-0.3, -0.25) is 0 Å². The molecule has 0 amide bonds. The number of benzene rings is 2. The van der Waals surface area contributed by atoms with Crippen LogP contribution in [0.3, 0.4) is 0 Å². The van der Waals surface area contributed by atoms with Crippen LogP contribution in [0.2, 0.25) is 0 Å². The molecule has 0 bridgehead atoms. The molecular weight excluding hydrogens is 255 g/mol. The number of rotatable bonds is 3. The van der Waals surface area contributed by atoms with Crippen LogP contribution in [0, 0.1) is 12.7 Å². The van der Waals surface area contributed by atoms with Gasteiger partial charge in [0, 0.05) is 17.8 Å². The van der Waals surface area contributed by atoms with Crippen molar-refractivity contribution in [2.75, 3.05) is 11.9 Å². The van der Waals surface area contributed by atoms with Crippen LogP contribution in [0.5, 0.6) is 0 Å². The Labute approximate surface area is 116 Å². The molecule has 0 saturated carbocycles. The summed E-state index contributed by atoms with van der Waals surface area (Å²) in [7, 11) is 0. The van der Waals surface area contributed by atoms with Crippen molar-refractivity contribution < 1.29 is 8.81 Å². The Morgan fingerprint density at radius 3 is 2.85 bits per heavy atom. The van der Waals surface area contributed by atoms with E-state index in [4.69, 9.17) is 4.42 Å². The number of oxazole rings is 1. The number of hydrogen-bond acceptors (Lipinski definition) is 3. The van der Waals surface area contributed by atoms with E-state index in [-0.39, 0.29) is 5.82 Å². The normalized spacial score (nSPS) is 10.9. The van der Waals surface area contributed by atoms with Crippen molar-refractivity contribution in [2.45, 2.75) is 13.8 Å². The fourth-order valence-corrected chi connectivity index (χ4v) is 2.25. The number of nitrogens with one attached hydrogen (secondary N) is 1. The van der Waals surface area contributed by atoms with Gasteiger partial charge in [0.15, 0.2) is 5.58 Å². The van der Waals surface area contributed by atoms with Gasteiger partial charge in [-0.1, -0.05) is 6.07 Å². The van der Waals surface area contributed by atoms with Crippen LogP contribution in [0.25, 0.3) is 22.6 Å². The highest BCUT2D eigenvalue weighted by molar-refractivity contribution is 5.83. The average molecular weight is 270 g/mol. The van der Waals surface area contributed by atoms with Crippen LogP contribution in [0.4, 0.5) is 10.1 Å². The maximum atomic E-state index is 13.3. The van der Waals surface area contributed by atoms with Crippen LogP contribution >= 0.6 is 0 Å². The lowest BCUT2D eigenvalue weighted by molar-refractivity contribution is 0.609. The van der Waals surface area contributed by atoms with E-state index in [1.165, 1.54) is 12.1 Å². The topological polar surface area (TPSA) is 38.1 Å². The molecule has 1 aromatic heterocycles. The molecule has 0 atom stereocenters. The van der Waals surface area contributed by atoms with E-state index in [1.807, 2.05) is 26.0 Å². The summed E-state index contributed by atoms with van der Waals surface area (Å²) in [6.45, 7) is 4.86. The molecule has 1 N–H and O–H groups in total. The van der Waals surface area contributed by atoms with Gasteiger partial charge < -0.3 is 9.73 Å². The largest absolute Gasteiger partial charge is 0.436 e. The number of hydrogen-bond donors (Lipinski definition) is 1. The van der Waals surface area contributed by atoms with Crippen molar-refractivity contribution in [3.05, 3.63) is 47.8 Å². The monoisotopic (exact) mass is 270 g/mol. The molecule has 0 aliphatic heterocycles. The molecule has 3 nitrogen and oxygen atoms in total.